The number of halogens is 2. The first-order valence-electron chi connectivity index (χ1n) is 8.14. The Morgan fingerprint density at radius 1 is 1.32 bits per heavy atom. The number of nitrogens with zero attached hydrogens (tertiary/aromatic N) is 1. The molecule has 0 bridgehead atoms. The summed E-state index contributed by atoms with van der Waals surface area (Å²) in [6, 6.07) is 9.96. The molecule has 0 saturated carbocycles. The first-order chi connectivity index (χ1) is 12.1. The third-order valence-corrected chi connectivity index (χ3v) is 4.12. The summed E-state index contributed by atoms with van der Waals surface area (Å²) in [5, 5.41) is 5.72. The average molecular weight is 347 g/mol. The molecule has 1 aliphatic carbocycles. The van der Waals surface area contributed by atoms with E-state index in [-0.39, 0.29) is 17.8 Å². The van der Waals surface area contributed by atoms with Gasteiger partial charge in [0.1, 0.15) is 5.75 Å². The Kier molecular flexibility index (Phi) is 5.42. The van der Waals surface area contributed by atoms with E-state index in [2.05, 4.69) is 20.4 Å². The number of benzene rings is 1. The Bertz CT molecular complexity index is 726. The van der Waals surface area contributed by atoms with Crippen LogP contribution in [0.15, 0.2) is 42.6 Å². The maximum atomic E-state index is 12.3. The van der Waals surface area contributed by atoms with Crippen molar-refractivity contribution >= 4 is 6.03 Å². The first kappa shape index (κ1) is 17.1. The van der Waals surface area contributed by atoms with E-state index in [0.717, 1.165) is 36.1 Å². The number of aromatic nitrogens is 1. The van der Waals surface area contributed by atoms with E-state index in [9.17, 15) is 13.6 Å². The van der Waals surface area contributed by atoms with Crippen LogP contribution >= 0.6 is 0 Å². The van der Waals surface area contributed by atoms with E-state index in [0.29, 0.717) is 6.54 Å². The van der Waals surface area contributed by atoms with Gasteiger partial charge < -0.3 is 15.4 Å². The molecule has 1 atom stereocenters. The van der Waals surface area contributed by atoms with E-state index < -0.39 is 6.61 Å². The van der Waals surface area contributed by atoms with Crippen LogP contribution in [0.3, 0.4) is 0 Å². The van der Waals surface area contributed by atoms with Gasteiger partial charge in [0.25, 0.3) is 0 Å². The van der Waals surface area contributed by atoms with E-state index in [1.54, 1.807) is 18.3 Å². The van der Waals surface area contributed by atoms with Gasteiger partial charge in [-0.1, -0.05) is 12.1 Å². The van der Waals surface area contributed by atoms with Crippen molar-refractivity contribution in [3.05, 3.63) is 59.4 Å². The Morgan fingerprint density at radius 3 is 2.96 bits per heavy atom. The molecule has 0 spiro atoms. The number of rotatable bonds is 5. The zero-order valence-electron chi connectivity index (χ0n) is 13.5. The predicted molar refractivity (Wildman–Crippen MR) is 88.4 cm³/mol. The summed E-state index contributed by atoms with van der Waals surface area (Å²) in [4.78, 5) is 16.3. The molecule has 25 heavy (non-hydrogen) atoms. The lowest BCUT2D eigenvalue weighted by atomic mass is 9.87. The van der Waals surface area contributed by atoms with E-state index >= 15 is 0 Å². The summed E-state index contributed by atoms with van der Waals surface area (Å²) >= 11 is 0. The Hall–Kier alpha value is -2.70. The molecule has 1 aromatic carbocycles. The number of urea groups is 1. The number of carbonyl (C=O) groups excluding carboxylic acids is 1. The van der Waals surface area contributed by atoms with Crippen LogP contribution in [-0.2, 0) is 13.0 Å². The molecule has 0 fully saturated rings. The lowest BCUT2D eigenvalue weighted by Crippen LogP contribution is -2.38. The molecule has 1 aromatic heterocycles. The van der Waals surface area contributed by atoms with Gasteiger partial charge >= 0.3 is 12.6 Å². The van der Waals surface area contributed by atoms with Crippen molar-refractivity contribution in [2.75, 3.05) is 0 Å². The molecule has 2 N–H and O–H groups in total. The Labute approximate surface area is 144 Å². The Balaban J connectivity index is 1.61. The van der Waals surface area contributed by atoms with E-state index in [4.69, 9.17) is 0 Å². The van der Waals surface area contributed by atoms with Crippen LogP contribution < -0.4 is 15.4 Å². The summed E-state index contributed by atoms with van der Waals surface area (Å²) in [6.45, 7) is -2.50. The normalized spacial score (nSPS) is 16.2. The SMILES string of the molecule is O=C(NCc1ccccn1)N[C@H]1CCCc2cc(OC(F)F)ccc21. The number of fused-ring (bicyclic) bond motifs is 1. The van der Waals surface area contributed by atoms with Gasteiger partial charge in [-0.15, -0.1) is 0 Å². The largest absolute Gasteiger partial charge is 0.435 e. The van der Waals surface area contributed by atoms with Crippen molar-refractivity contribution in [2.45, 2.75) is 38.5 Å². The van der Waals surface area contributed by atoms with Gasteiger partial charge in [-0.2, -0.15) is 8.78 Å². The number of amides is 2. The van der Waals surface area contributed by atoms with Crippen LogP contribution in [0.1, 0.15) is 35.7 Å². The zero-order valence-corrected chi connectivity index (χ0v) is 13.5. The van der Waals surface area contributed by atoms with Gasteiger partial charge in [-0.05, 0) is 54.7 Å². The van der Waals surface area contributed by atoms with Crippen LogP contribution in [0.2, 0.25) is 0 Å². The van der Waals surface area contributed by atoms with Crippen LogP contribution in [0.4, 0.5) is 13.6 Å². The number of aryl methyl sites for hydroxylation is 1. The van der Waals surface area contributed by atoms with Crippen LogP contribution in [-0.4, -0.2) is 17.6 Å². The number of hydrogen-bond acceptors (Lipinski definition) is 3. The molecule has 0 unspecified atom stereocenters. The molecule has 1 heterocycles. The van der Waals surface area contributed by atoms with E-state index in [1.165, 1.54) is 6.07 Å². The second kappa shape index (κ2) is 7.92. The number of carbonyl (C=O) groups is 1. The standard InChI is InChI=1S/C18H19F2N3O2/c19-17(20)25-14-7-8-15-12(10-14)4-3-6-16(15)23-18(24)22-11-13-5-1-2-9-21-13/h1-2,5,7-10,16-17H,3-4,6,11H2,(H2,22,23,24)/t16-/m0/s1. The second-order valence-electron chi connectivity index (χ2n) is 5.83. The summed E-state index contributed by atoms with van der Waals surface area (Å²) in [5.74, 6) is 0.147. The predicted octanol–water partition coefficient (Wildman–Crippen LogP) is 3.56. The van der Waals surface area contributed by atoms with Crippen LogP contribution in [0, 0.1) is 0 Å². The Morgan fingerprint density at radius 2 is 2.20 bits per heavy atom. The fraction of sp³-hybridized carbons (Fsp3) is 0.333. The summed E-state index contributed by atoms with van der Waals surface area (Å²) in [6.07, 6.45) is 4.13. The molecule has 2 aromatic rings. The number of hydrogen-bond donors (Lipinski definition) is 2. The minimum Gasteiger partial charge on any atom is -0.435 e. The summed E-state index contributed by atoms with van der Waals surface area (Å²) < 4.78 is 29.1. The zero-order chi connectivity index (χ0) is 17.6. The highest BCUT2D eigenvalue weighted by atomic mass is 19.3. The van der Waals surface area contributed by atoms with Gasteiger partial charge in [0.2, 0.25) is 0 Å². The quantitative estimate of drug-likeness (QED) is 0.869. The molecule has 0 saturated heterocycles. The maximum absolute atomic E-state index is 12.3. The lowest BCUT2D eigenvalue weighted by Gasteiger charge is -2.27. The first-order valence-corrected chi connectivity index (χ1v) is 8.14. The fourth-order valence-corrected chi connectivity index (χ4v) is 3.00. The molecular weight excluding hydrogens is 328 g/mol. The topological polar surface area (TPSA) is 63.2 Å². The van der Waals surface area contributed by atoms with Crippen molar-refractivity contribution in [3.63, 3.8) is 0 Å². The highest BCUT2D eigenvalue weighted by Crippen LogP contribution is 2.32. The molecule has 132 valence electrons. The van der Waals surface area contributed by atoms with Gasteiger partial charge in [-0.3, -0.25) is 4.98 Å². The maximum Gasteiger partial charge on any atom is 0.387 e. The summed E-state index contributed by atoms with van der Waals surface area (Å²) in [7, 11) is 0. The van der Waals surface area contributed by atoms with Gasteiger partial charge in [0.05, 0.1) is 18.3 Å². The molecule has 0 aliphatic heterocycles. The minimum atomic E-state index is -2.84. The lowest BCUT2D eigenvalue weighted by molar-refractivity contribution is -0.0499. The van der Waals surface area contributed by atoms with Gasteiger partial charge in [-0.25, -0.2) is 4.79 Å². The third kappa shape index (κ3) is 4.65. The van der Waals surface area contributed by atoms with Crippen molar-refractivity contribution < 1.29 is 18.3 Å². The summed E-state index contributed by atoms with van der Waals surface area (Å²) in [5.41, 5.74) is 2.65. The highest BCUT2D eigenvalue weighted by Gasteiger charge is 2.22. The molecule has 5 nitrogen and oxygen atoms in total. The third-order valence-electron chi connectivity index (χ3n) is 4.12. The number of ether oxygens (including phenoxy) is 1. The van der Waals surface area contributed by atoms with Gasteiger partial charge in [0.15, 0.2) is 0 Å². The van der Waals surface area contributed by atoms with Gasteiger partial charge in [0, 0.05) is 6.20 Å². The van der Waals surface area contributed by atoms with Crippen LogP contribution in [0.5, 0.6) is 5.75 Å². The van der Waals surface area contributed by atoms with Crippen LogP contribution in [0.25, 0.3) is 0 Å². The van der Waals surface area contributed by atoms with Crippen molar-refractivity contribution in [3.8, 4) is 5.75 Å². The fourth-order valence-electron chi connectivity index (χ4n) is 3.00. The molecule has 3 rings (SSSR count). The van der Waals surface area contributed by atoms with Crippen molar-refractivity contribution in [2.24, 2.45) is 0 Å². The minimum absolute atomic E-state index is 0.145. The second-order valence-corrected chi connectivity index (χ2v) is 5.83. The van der Waals surface area contributed by atoms with Crippen molar-refractivity contribution in [1.29, 1.82) is 0 Å². The number of pyridine rings is 1. The molecule has 1 aliphatic rings. The monoisotopic (exact) mass is 347 g/mol. The molecule has 0 radical (unpaired) electrons. The van der Waals surface area contributed by atoms with Crippen molar-refractivity contribution in [1.82, 2.24) is 15.6 Å². The molecule has 7 heteroatoms. The smallest absolute Gasteiger partial charge is 0.387 e. The average Bonchev–Trinajstić information content (AvgIpc) is 2.60. The molecule has 2 amide bonds. The van der Waals surface area contributed by atoms with E-state index in [1.807, 2.05) is 18.2 Å². The highest BCUT2D eigenvalue weighted by molar-refractivity contribution is 5.74. The number of alkyl halides is 2. The number of nitrogens with one attached hydrogen (secondary N) is 2. The molecular formula is C18H19F2N3O2.